The van der Waals surface area contributed by atoms with E-state index in [2.05, 4.69) is 17.4 Å². The molecule has 0 fully saturated rings. The Morgan fingerprint density at radius 1 is 0.906 bits per heavy atom. The third-order valence-electron chi connectivity index (χ3n) is 5.73. The van der Waals surface area contributed by atoms with Crippen molar-refractivity contribution in [3.8, 4) is 11.3 Å². The molecule has 0 radical (unpaired) electrons. The fourth-order valence-corrected chi connectivity index (χ4v) is 4.27. The molecule has 1 N–H and O–H groups in total. The molecule has 0 bridgehead atoms. The summed E-state index contributed by atoms with van der Waals surface area (Å²) < 4.78 is 7.66. The monoisotopic (exact) mass is 417 g/mol. The zero-order valence-electron chi connectivity index (χ0n) is 17.2. The Labute approximate surface area is 183 Å². The molecule has 3 aromatic heterocycles. The maximum absolute atomic E-state index is 13.2. The van der Waals surface area contributed by atoms with Crippen molar-refractivity contribution in [3.05, 3.63) is 103 Å². The number of benzene rings is 3. The van der Waals surface area contributed by atoms with Crippen LogP contribution in [0.5, 0.6) is 0 Å². The third-order valence-corrected chi connectivity index (χ3v) is 5.73. The Morgan fingerprint density at radius 3 is 2.62 bits per heavy atom. The number of hydrogen-bond donors (Lipinski definition) is 1. The number of hydrogen-bond acceptors (Lipinski definition) is 3. The Bertz CT molecular complexity index is 1600. The second-order valence-corrected chi connectivity index (χ2v) is 7.75. The molecule has 0 aliphatic carbocycles. The molecule has 5 heteroatoms. The van der Waals surface area contributed by atoms with Crippen molar-refractivity contribution in [2.45, 2.75) is 6.42 Å². The molecule has 5 nitrogen and oxygen atoms in total. The van der Waals surface area contributed by atoms with Gasteiger partial charge in [0.1, 0.15) is 22.7 Å². The number of furan rings is 1. The van der Waals surface area contributed by atoms with Crippen LogP contribution in [0, 0.1) is 0 Å². The molecule has 0 atom stereocenters. The first-order valence-corrected chi connectivity index (χ1v) is 10.5. The average Bonchev–Trinajstić information content (AvgIpc) is 3.41. The summed E-state index contributed by atoms with van der Waals surface area (Å²) in [6.45, 7) is 0. The van der Waals surface area contributed by atoms with Crippen LogP contribution in [0.4, 0.5) is 5.82 Å². The predicted octanol–water partition coefficient (Wildman–Crippen LogP) is 6.08. The standard InChI is InChI=1S/C27H19N3O2/c31-24(16-20-17-32-22-14-13-18-8-4-5-11-21(18)25(20)22)29-27-26(19-9-2-1-3-10-19)28-23-12-6-7-15-30(23)27/h1-15,17H,16H2,(H,29,31). The van der Waals surface area contributed by atoms with Crippen molar-refractivity contribution < 1.29 is 9.21 Å². The highest BCUT2D eigenvalue weighted by Crippen LogP contribution is 2.31. The summed E-state index contributed by atoms with van der Waals surface area (Å²) in [5, 5.41) is 6.29. The minimum atomic E-state index is -0.122. The number of carbonyl (C=O) groups excluding carboxylic acids is 1. The Hall–Kier alpha value is -4.38. The summed E-state index contributed by atoms with van der Waals surface area (Å²) in [6.07, 6.45) is 3.80. The average molecular weight is 417 g/mol. The predicted molar refractivity (Wildman–Crippen MR) is 127 cm³/mol. The highest BCUT2D eigenvalue weighted by molar-refractivity contribution is 6.09. The first-order chi connectivity index (χ1) is 15.8. The summed E-state index contributed by atoms with van der Waals surface area (Å²) in [6, 6.07) is 27.8. The van der Waals surface area contributed by atoms with E-state index in [1.807, 2.05) is 83.4 Å². The quantitative estimate of drug-likeness (QED) is 0.378. The van der Waals surface area contributed by atoms with Crippen LogP contribution >= 0.6 is 0 Å². The molecule has 32 heavy (non-hydrogen) atoms. The molecule has 0 saturated carbocycles. The molecular weight excluding hydrogens is 398 g/mol. The molecule has 0 spiro atoms. The van der Waals surface area contributed by atoms with Gasteiger partial charge in [-0.1, -0.05) is 66.7 Å². The van der Waals surface area contributed by atoms with E-state index >= 15 is 0 Å². The number of rotatable bonds is 4. The van der Waals surface area contributed by atoms with Crippen LogP contribution in [-0.4, -0.2) is 15.3 Å². The largest absolute Gasteiger partial charge is 0.464 e. The first kappa shape index (κ1) is 18.4. The van der Waals surface area contributed by atoms with Crippen molar-refractivity contribution in [3.63, 3.8) is 0 Å². The van der Waals surface area contributed by atoms with Crippen LogP contribution in [0.3, 0.4) is 0 Å². The van der Waals surface area contributed by atoms with Gasteiger partial charge < -0.3 is 9.73 Å². The Morgan fingerprint density at radius 2 is 1.72 bits per heavy atom. The molecule has 6 rings (SSSR count). The van der Waals surface area contributed by atoms with Gasteiger partial charge in [-0.25, -0.2) is 4.98 Å². The van der Waals surface area contributed by atoms with Crippen LogP contribution in [-0.2, 0) is 11.2 Å². The van der Waals surface area contributed by atoms with Gasteiger partial charge in [-0.05, 0) is 29.0 Å². The maximum Gasteiger partial charge on any atom is 0.230 e. The van der Waals surface area contributed by atoms with E-state index in [0.717, 1.165) is 44.2 Å². The lowest BCUT2D eigenvalue weighted by molar-refractivity contribution is -0.115. The van der Waals surface area contributed by atoms with Crippen LogP contribution in [0.25, 0.3) is 38.6 Å². The topological polar surface area (TPSA) is 59.5 Å². The number of fused-ring (bicyclic) bond motifs is 4. The van der Waals surface area contributed by atoms with E-state index in [1.54, 1.807) is 6.26 Å². The highest BCUT2D eigenvalue weighted by atomic mass is 16.3. The van der Waals surface area contributed by atoms with Gasteiger partial charge in [0.05, 0.1) is 12.7 Å². The summed E-state index contributed by atoms with van der Waals surface area (Å²) >= 11 is 0. The number of pyridine rings is 1. The molecule has 154 valence electrons. The van der Waals surface area contributed by atoms with Crippen molar-refractivity contribution >= 4 is 39.1 Å². The Balaban J connectivity index is 1.39. The fourth-order valence-electron chi connectivity index (χ4n) is 4.27. The second-order valence-electron chi connectivity index (χ2n) is 7.75. The van der Waals surface area contributed by atoms with Gasteiger partial charge in [-0.15, -0.1) is 0 Å². The van der Waals surface area contributed by atoms with Gasteiger partial charge in [0.2, 0.25) is 5.91 Å². The third kappa shape index (κ3) is 3.03. The first-order valence-electron chi connectivity index (χ1n) is 10.5. The van der Waals surface area contributed by atoms with Crippen LogP contribution in [0.2, 0.25) is 0 Å². The van der Waals surface area contributed by atoms with Crippen molar-refractivity contribution in [1.29, 1.82) is 0 Å². The minimum Gasteiger partial charge on any atom is -0.464 e. The second kappa shape index (κ2) is 7.39. The van der Waals surface area contributed by atoms with Crippen molar-refractivity contribution in [2.75, 3.05) is 5.32 Å². The lowest BCUT2D eigenvalue weighted by Crippen LogP contribution is -2.16. The van der Waals surface area contributed by atoms with E-state index in [1.165, 1.54) is 0 Å². The van der Waals surface area contributed by atoms with E-state index in [-0.39, 0.29) is 12.3 Å². The van der Waals surface area contributed by atoms with Gasteiger partial charge >= 0.3 is 0 Å². The van der Waals surface area contributed by atoms with E-state index in [0.29, 0.717) is 5.82 Å². The number of anilines is 1. The molecule has 0 aliphatic heterocycles. The highest BCUT2D eigenvalue weighted by Gasteiger charge is 2.18. The molecule has 3 heterocycles. The van der Waals surface area contributed by atoms with Crippen molar-refractivity contribution in [2.24, 2.45) is 0 Å². The van der Waals surface area contributed by atoms with E-state index in [4.69, 9.17) is 9.40 Å². The van der Waals surface area contributed by atoms with Crippen LogP contribution in [0.1, 0.15) is 5.56 Å². The molecule has 0 unspecified atom stereocenters. The number of amides is 1. The lowest BCUT2D eigenvalue weighted by Gasteiger charge is -2.08. The zero-order valence-corrected chi connectivity index (χ0v) is 17.2. The summed E-state index contributed by atoms with van der Waals surface area (Å²) in [5.41, 5.74) is 4.12. The maximum atomic E-state index is 13.2. The van der Waals surface area contributed by atoms with Crippen LogP contribution in [0.15, 0.2) is 102 Å². The van der Waals surface area contributed by atoms with E-state index in [9.17, 15) is 4.79 Å². The number of carbonyl (C=O) groups is 1. The summed E-state index contributed by atoms with van der Waals surface area (Å²) in [5.74, 6) is 0.540. The molecule has 0 aliphatic rings. The normalized spacial score (nSPS) is 11.4. The fraction of sp³-hybridized carbons (Fsp3) is 0.0370. The summed E-state index contributed by atoms with van der Waals surface area (Å²) in [7, 11) is 0. The van der Waals surface area contributed by atoms with Gasteiger partial charge in [0.15, 0.2) is 0 Å². The van der Waals surface area contributed by atoms with Gasteiger partial charge in [-0.3, -0.25) is 9.20 Å². The molecule has 6 aromatic rings. The minimum absolute atomic E-state index is 0.122. The smallest absolute Gasteiger partial charge is 0.230 e. The van der Waals surface area contributed by atoms with Gasteiger partial charge in [-0.2, -0.15) is 0 Å². The SMILES string of the molecule is O=C(Cc1coc2ccc3ccccc3c12)Nc1c(-c2ccccc2)nc2ccccn12. The van der Waals surface area contributed by atoms with E-state index < -0.39 is 0 Å². The number of nitrogens with one attached hydrogen (secondary N) is 1. The van der Waals surface area contributed by atoms with Crippen molar-refractivity contribution in [1.82, 2.24) is 9.38 Å². The van der Waals surface area contributed by atoms with Gasteiger partial charge in [0.25, 0.3) is 0 Å². The summed E-state index contributed by atoms with van der Waals surface area (Å²) in [4.78, 5) is 17.9. The molecule has 3 aromatic carbocycles. The van der Waals surface area contributed by atoms with Crippen LogP contribution < -0.4 is 5.32 Å². The lowest BCUT2D eigenvalue weighted by atomic mass is 10.0. The Kier molecular flexibility index (Phi) is 4.25. The molecular formula is C27H19N3O2. The zero-order chi connectivity index (χ0) is 21.5. The molecule has 1 amide bonds. The number of aromatic nitrogens is 2. The number of imidazole rings is 1. The van der Waals surface area contributed by atoms with Gasteiger partial charge in [0, 0.05) is 22.7 Å². The molecule has 0 saturated heterocycles. The number of nitrogens with zero attached hydrogens (tertiary/aromatic N) is 2.